The topological polar surface area (TPSA) is 72.9 Å². The number of ether oxygens (including phenoxy) is 1. The highest BCUT2D eigenvalue weighted by molar-refractivity contribution is 6.36. The summed E-state index contributed by atoms with van der Waals surface area (Å²) in [6.45, 7) is 11.5. The Balaban J connectivity index is 2.08. The summed E-state index contributed by atoms with van der Waals surface area (Å²) in [4.78, 5) is 27.6. The highest BCUT2D eigenvalue weighted by Crippen LogP contribution is 2.36. The Morgan fingerprint density at radius 2 is 1.46 bits per heavy atom. The maximum atomic E-state index is 12.8. The molecule has 0 aliphatic rings. The number of amides is 1. The molecule has 0 aromatic heterocycles. The zero-order chi connectivity index (χ0) is 29.0. The summed E-state index contributed by atoms with van der Waals surface area (Å²) < 4.78 is 41.9. The van der Waals surface area contributed by atoms with Crippen LogP contribution in [0.4, 0.5) is 24.5 Å². The maximum Gasteiger partial charge on any atom is 0.573 e. The van der Waals surface area contributed by atoms with E-state index >= 15 is 0 Å². The van der Waals surface area contributed by atoms with E-state index in [9.17, 15) is 27.9 Å². The number of nitrogens with zero attached hydrogens (tertiary/aromatic N) is 2. The lowest BCUT2D eigenvalue weighted by atomic mass is 9.87. The summed E-state index contributed by atoms with van der Waals surface area (Å²) in [6, 6.07) is 18.1. The van der Waals surface area contributed by atoms with Crippen molar-refractivity contribution in [3.8, 4) is 16.9 Å². The van der Waals surface area contributed by atoms with Gasteiger partial charge < -0.3 is 24.4 Å². The Morgan fingerprint density at radius 1 is 0.872 bits per heavy atom. The first-order valence-electron chi connectivity index (χ1n) is 12.6. The van der Waals surface area contributed by atoms with Gasteiger partial charge in [-0.15, -0.1) is 13.2 Å². The van der Waals surface area contributed by atoms with Crippen molar-refractivity contribution < 1.29 is 32.6 Å². The molecule has 3 aromatic rings. The van der Waals surface area contributed by atoms with Crippen LogP contribution in [0.25, 0.3) is 11.1 Å². The third-order valence-electron chi connectivity index (χ3n) is 6.38. The van der Waals surface area contributed by atoms with Crippen LogP contribution in [-0.4, -0.2) is 31.3 Å². The summed E-state index contributed by atoms with van der Waals surface area (Å²) in [7, 11) is 0. The van der Waals surface area contributed by atoms with Crippen LogP contribution in [0.3, 0.4) is 0 Å². The van der Waals surface area contributed by atoms with Crippen LogP contribution in [-0.2, 0) is 21.5 Å². The molecule has 0 atom stereocenters. The molecule has 9 heteroatoms. The minimum Gasteiger partial charge on any atom is -0.540 e. The Hall–Kier alpha value is -4.01. The fraction of sp³-hybridized carbons (Fsp3) is 0.333. The molecular weight excluding hydrogens is 509 g/mol. The number of hydrogen-bond donors (Lipinski definition) is 0. The van der Waals surface area contributed by atoms with E-state index in [0.29, 0.717) is 29.9 Å². The molecule has 0 saturated heterocycles. The zero-order valence-electron chi connectivity index (χ0n) is 22.6. The number of halogens is 3. The van der Waals surface area contributed by atoms with Gasteiger partial charge in [-0.25, -0.2) is 0 Å². The fourth-order valence-electron chi connectivity index (χ4n) is 4.28. The Morgan fingerprint density at radius 3 is 1.95 bits per heavy atom. The first-order chi connectivity index (χ1) is 18.2. The zero-order valence-corrected chi connectivity index (χ0v) is 22.6. The SMILES string of the molecule is CCN(CC)c1ccc(N(Cc2ccc(C(C)(C)C)cc2)C(=O)C(=O)[O-])cc1-c1ccc(OC(F)(F)F)cc1. The van der Waals surface area contributed by atoms with Crippen LogP contribution in [0.5, 0.6) is 5.75 Å². The van der Waals surface area contributed by atoms with Gasteiger partial charge in [0, 0.05) is 30.0 Å². The number of hydrogen-bond acceptors (Lipinski definition) is 5. The molecule has 0 N–H and O–H groups in total. The van der Waals surface area contributed by atoms with Crippen molar-refractivity contribution in [2.24, 2.45) is 0 Å². The van der Waals surface area contributed by atoms with Gasteiger partial charge in [-0.05, 0) is 66.3 Å². The van der Waals surface area contributed by atoms with Gasteiger partial charge in [0.05, 0.1) is 6.54 Å². The Kier molecular flexibility index (Phi) is 8.94. The smallest absolute Gasteiger partial charge is 0.540 e. The van der Waals surface area contributed by atoms with Gasteiger partial charge in [0.1, 0.15) is 11.7 Å². The van der Waals surface area contributed by atoms with Gasteiger partial charge in [-0.1, -0.05) is 57.2 Å². The Labute approximate surface area is 226 Å². The first-order valence-corrected chi connectivity index (χ1v) is 12.6. The number of rotatable bonds is 8. The lowest BCUT2D eigenvalue weighted by Crippen LogP contribution is -2.44. The summed E-state index contributed by atoms with van der Waals surface area (Å²) >= 11 is 0. The molecule has 0 radical (unpaired) electrons. The quantitative estimate of drug-likeness (QED) is 0.343. The number of carbonyl (C=O) groups excluding carboxylic acids is 2. The van der Waals surface area contributed by atoms with Gasteiger partial charge in [0.25, 0.3) is 5.91 Å². The van der Waals surface area contributed by atoms with E-state index in [4.69, 9.17) is 0 Å². The molecule has 3 rings (SSSR count). The molecule has 39 heavy (non-hydrogen) atoms. The average molecular weight is 542 g/mol. The maximum absolute atomic E-state index is 12.8. The minimum atomic E-state index is -4.81. The van der Waals surface area contributed by atoms with Crippen LogP contribution < -0.4 is 19.6 Å². The molecule has 0 aliphatic heterocycles. The second-order valence-electron chi connectivity index (χ2n) is 10.1. The number of benzene rings is 3. The van der Waals surface area contributed by atoms with Crippen molar-refractivity contribution in [3.05, 3.63) is 77.9 Å². The summed E-state index contributed by atoms with van der Waals surface area (Å²) in [5, 5.41) is 11.6. The largest absolute Gasteiger partial charge is 0.573 e. The molecule has 0 fully saturated rings. The number of anilines is 2. The van der Waals surface area contributed by atoms with E-state index in [-0.39, 0.29) is 17.7 Å². The van der Waals surface area contributed by atoms with Crippen LogP contribution in [0.2, 0.25) is 0 Å². The van der Waals surface area contributed by atoms with Gasteiger partial charge in [0.15, 0.2) is 0 Å². The standard InChI is InChI=1S/C30H33F3N2O4/c1-6-34(7-2)26-17-14-23(18-25(26)21-10-15-24(16-11-21)39-30(31,32)33)35(27(36)28(37)38)19-20-8-12-22(13-9-20)29(3,4)5/h8-18H,6-7,19H2,1-5H3,(H,37,38)/p-1. The van der Waals surface area contributed by atoms with Crippen molar-refractivity contribution in [2.45, 2.75) is 52.9 Å². The van der Waals surface area contributed by atoms with Crippen LogP contribution in [0.1, 0.15) is 45.7 Å². The van der Waals surface area contributed by atoms with Gasteiger partial charge in [-0.2, -0.15) is 0 Å². The number of alkyl halides is 3. The average Bonchev–Trinajstić information content (AvgIpc) is 2.87. The molecule has 0 bridgehead atoms. The molecule has 6 nitrogen and oxygen atoms in total. The fourth-order valence-corrected chi connectivity index (χ4v) is 4.28. The normalized spacial score (nSPS) is 11.7. The highest BCUT2D eigenvalue weighted by atomic mass is 19.4. The van der Waals surface area contributed by atoms with Gasteiger partial charge in [-0.3, -0.25) is 4.79 Å². The van der Waals surface area contributed by atoms with Crippen molar-refractivity contribution in [1.29, 1.82) is 0 Å². The highest BCUT2D eigenvalue weighted by Gasteiger charge is 2.31. The van der Waals surface area contributed by atoms with E-state index in [1.165, 1.54) is 24.3 Å². The predicted octanol–water partition coefficient (Wildman–Crippen LogP) is 5.68. The molecule has 208 valence electrons. The van der Waals surface area contributed by atoms with Crippen molar-refractivity contribution >= 4 is 23.3 Å². The van der Waals surface area contributed by atoms with Crippen molar-refractivity contribution in [1.82, 2.24) is 0 Å². The predicted molar refractivity (Wildman–Crippen MR) is 143 cm³/mol. The monoisotopic (exact) mass is 541 g/mol. The minimum absolute atomic E-state index is 0.0142. The molecule has 3 aromatic carbocycles. The number of carboxylic acids is 1. The summed E-state index contributed by atoms with van der Waals surface area (Å²) in [5.74, 6) is -3.41. The number of carboxylic acid groups (broad SMARTS) is 1. The van der Waals surface area contributed by atoms with E-state index in [0.717, 1.165) is 21.7 Å². The number of carbonyl (C=O) groups is 2. The summed E-state index contributed by atoms with van der Waals surface area (Å²) in [6.07, 6.45) is -4.81. The molecule has 0 saturated carbocycles. The molecule has 0 spiro atoms. The molecule has 0 unspecified atom stereocenters. The second kappa shape index (κ2) is 11.8. The molecule has 1 amide bonds. The van der Waals surface area contributed by atoms with Crippen molar-refractivity contribution in [2.75, 3.05) is 22.9 Å². The second-order valence-corrected chi connectivity index (χ2v) is 10.1. The lowest BCUT2D eigenvalue weighted by molar-refractivity contribution is -0.300. The van der Waals surface area contributed by atoms with E-state index in [1.807, 2.05) is 38.1 Å². The van der Waals surface area contributed by atoms with E-state index in [2.05, 4.69) is 30.4 Å². The Bertz CT molecular complexity index is 1290. The molecule has 0 aliphatic carbocycles. The third kappa shape index (κ3) is 7.52. The van der Waals surface area contributed by atoms with Gasteiger partial charge in [0.2, 0.25) is 0 Å². The number of aliphatic carboxylic acids is 1. The van der Waals surface area contributed by atoms with Crippen LogP contribution >= 0.6 is 0 Å². The van der Waals surface area contributed by atoms with Crippen LogP contribution in [0.15, 0.2) is 66.7 Å². The molecular formula is C30H32F3N2O4-. The first kappa shape index (κ1) is 29.5. The third-order valence-corrected chi connectivity index (χ3v) is 6.38. The molecule has 0 heterocycles. The summed E-state index contributed by atoms with van der Waals surface area (Å²) in [5.41, 5.74) is 4.02. The lowest BCUT2D eigenvalue weighted by Gasteiger charge is -2.28. The van der Waals surface area contributed by atoms with E-state index < -0.39 is 18.2 Å². The van der Waals surface area contributed by atoms with E-state index in [1.54, 1.807) is 18.2 Å². The van der Waals surface area contributed by atoms with Crippen LogP contribution in [0, 0.1) is 0 Å². The van der Waals surface area contributed by atoms with Gasteiger partial charge >= 0.3 is 6.36 Å². The van der Waals surface area contributed by atoms with Crippen molar-refractivity contribution in [3.63, 3.8) is 0 Å².